The van der Waals surface area contributed by atoms with Gasteiger partial charge < -0.3 is 4.90 Å². The van der Waals surface area contributed by atoms with Crippen LogP contribution in [0.4, 0.5) is 5.00 Å². The summed E-state index contributed by atoms with van der Waals surface area (Å²) in [4.78, 5) is 12.7. The van der Waals surface area contributed by atoms with Crippen LogP contribution in [0.5, 0.6) is 0 Å². The lowest BCUT2D eigenvalue weighted by atomic mass is 10.4. The summed E-state index contributed by atoms with van der Waals surface area (Å²) in [5, 5.41) is 11.1. The molecular weight excluding hydrogens is 252 g/mol. The van der Waals surface area contributed by atoms with E-state index in [1.807, 2.05) is 17.5 Å². The molecule has 0 aliphatic heterocycles. The first-order valence-electron chi connectivity index (χ1n) is 3.52. The van der Waals surface area contributed by atoms with Crippen LogP contribution in [-0.2, 0) is 4.79 Å². The summed E-state index contributed by atoms with van der Waals surface area (Å²) >= 11 is 4.76. The molecule has 0 bridgehead atoms. The Hall–Kier alpha value is -0.860. The molecule has 0 aliphatic carbocycles. The Morgan fingerprint density at radius 3 is 3.00 bits per heavy atom. The maximum absolute atomic E-state index is 11.2. The molecule has 0 saturated carbocycles. The Balaban J connectivity index is 2.74. The molecule has 1 heterocycles. The zero-order valence-corrected chi connectivity index (χ0v) is 9.35. The van der Waals surface area contributed by atoms with Gasteiger partial charge >= 0.3 is 0 Å². The molecule has 0 aromatic carbocycles. The molecule has 0 fully saturated rings. The van der Waals surface area contributed by atoms with Crippen molar-refractivity contribution in [1.29, 1.82) is 5.26 Å². The minimum atomic E-state index is -0.183. The van der Waals surface area contributed by atoms with Gasteiger partial charge in [0.2, 0.25) is 5.91 Å². The van der Waals surface area contributed by atoms with Gasteiger partial charge in [-0.25, -0.2) is 0 Å². The third-order valence-corrected chi connectivity index (χ3v) is 3.25. The average Bonchev–Trinajstić information content (AvgIpc) is 2.51. The Bertz CT molecular complexity index is 355. The number of carbonyl (C=O) groups excluding carboxylic acids is 1. The third kappa shape index (κ3) is 2.54. The molecular formula is C8H7BrN2OS. The van der Waals surface area contributed by atoms with Gasteiger partial charge in [0.25, 0.3) is 0 Å². The van der Waals surface area contributed by atoms with Crippen LogP contribution in [0, 0.1) is 11.3 Å². The minimum Gasteiger partial charge on any atom is -0.306 e. The fraction of sp³-hybridized carbons (Fsp3) is 0.250. The van der Waals surface area contributed by atoms with E-state index in [0.717, 1.165) is 9.47 Å². The summed E-state index contributed by atoms with van der Waals surface area (Å²) in [6.45, 7) is 0. The number of amides is 1. The number of nitrogens with zero attached hydrogens (tertiary/aromatic N) is 2. The van der Waals surface area contributed by atoms with Gasteiger partial charge in [-0.15, -0.1) is 11.3 Å². The van der Waals surface area contributed by atoms with Crippen LogP contribution in [0.2, 0.25) is 0 Å². The second-order valence-electron chi connectivity index (χ2n) is 2.39. The van der Waals surface area contributed by atoms with Crippen molar-refractivity contribution in [1.82, 2.24) is 0 Å². The molecule has 1 aromatic heterocycles. The first kappa shape index (κ1) is 10.2. The lowest BCUT2D eigenvalue weighted by molar-refractivity contribution is -0.117. The van der Waals surface area contributed by atoms with Crippen molar-refractivity contribution in [2.75, 3.05) is 11.9 Å². The van der Waals surface area contributed by atoms with E-state index in [9.17, 15) is 4.79 Å². The fourth-order valence-corrected chi connectivity index (χ4v) is 2.19. The largest absolute Gasteiger partial charge is 0.306 e. The van der Waals surface area contributed by atoms with E-state index in [2.05, 4.69) is 15.9 Å². The van der Waals surface area contributed by atoms with Gasteiger partial charge in [0.1, 0.15) is 6.42 Å². The molecule has 0 saturated heterocycles. The van der Waals surface area contributed by atoms with E-state index in [0.29, 0.717) is 0 Å². The Morgan fingerprint density at radius 2 is 2.54 bits per heavy atom. The SMILES string of the molecule is CN(C(=O)CC#N)c1cc(Br)cs1. The highest BCUT2D eigenvalue weighted by Crippen LogP contribution is 2.27. The van der Waals surface area contributed by atoms with E-state index in [1.165, 1.54) is 16.2 Å². The van der Waals surface area contributed by atoms with Crippen molar-refractivity contribution in [2.45, 2.75) is 6.42 Å². The van der Waals surface area contributed by atoms with Gasteiger partial charge in [-0.3, -0.25) is 4.79 Å². The van der Waals surface area contributed by atoms with Crippen LogP contribution in [-0.4, -0.2) is 13.0 Å². The first-order valence-corrected chi connectivity index (χ1v) is 5.20. The topological polar surface area (TPSA) is 44.1 Å². The number of hydrogen-bond donors (Lipinski definition) is 0. The smallest absolute Gasteiger partial charge is 0.241 e. The van der Waals surface area contributed by atoms with Gasteiger partial charge in [-0.05, 0) is 22.0 Å². The molecule has 0 spiro atoms. The maximum Gasteiger partial charge on any atom is 0.241 e. The van der Waals surface area contributed by atoms with Crippen LogP contribution in [0.1, 0.15) is 6.42 Å². The van der Waals surface area contributed by atoms with Crippen LogP contribution >= 0.6 is 27.3 Å². The molecule has 1 aromatic rings. The van der Waals surface area contributed by atoms with Crippen LogP contribution in [0.25, 0.3) is 0 Å². The van der Waals surface area contributed by atoms with Crippen molar-refractivity contribution in [2.24, 2.45) is 0 Å². The molecule has 13 heavy (non-hydrogen) atoms. The van der Waals surface area contributed by atoms with Crippen molar-refractivity contribution in [3.8, 4) is 6.07 Å². The summed E-state index contributed by atoms with van der Waals surface area (Å²) in [7, 11) is 1.66. The van der Waals surface area contributed by atoms with Gasteiger partial charge in [-0.2, -0.15) is 5.26 Å². The highest BCUT2D eigenvalue weighted by atomic mass is 79.9. The number of nitriles is 1. The number of thiophene rings is 1. The molecule has 0 N–H and O–H groups in total. The van der Waals surface area contributed by atoms with E-state index in [4.69, 9.17) is 5.26 Å². The summed E-state index contributed by atoms with van der Waals surface area (Å²) in [6.07, 6.45) is -0.0774. The molecule has 5 heteroatoms. The molecule has 68 valence electrons. The van der Waals surface area contributed by atoms with Gasteiger partial charge in [0.05, 0.1) is 11.1 Å². The molecule has 0 radical (unpaired) electrons. The zero-order chi connectivity index (χ0) is 9.84. The Labute approximate surface area is 88.7 Å². The monoisotopic (exact) mass is 258 g/mol. The lowest BCUT2D eigenvalue weighted by Crippen LogP contribution is -2.24. The predicted octanol–water partition coefficient (Wildman–Crippen LogP) is 2.39. The van der Waals surface area contributed by atoms with Gasteiger partial charge in [0, 0.05) is 16.9 Å². The van der Waals surface area contributed by atoms with Gasteiger partial charge in [-0.1, -0.05) is 0 Å². The Kier molecular flexibility index (Phi) is 3.46. The van der Waals surface area contributed by atoms with E-state index >= 15 is 0 Å². The summed E-state index contributed by atoms with van der Waals surface area (Å²) < 4.78 is 0.948. The Morgan fingerprint density at radius 1 is 1.85 bits per heavy atom. The summed E-state index contributed by atoms with van der Waals surface area (Å²) in [6, 6.07) is 3.67. The van der Waals surface area contributed by atoms with E-state index in [1.54, 1.807) is 7.05 Å². The van der Waals surface area contributed by atoms with Crippen LogP contribution in [0.3, 0.4) is 0 Å². The molecule has 0 aliphatic rings. The molecule has 1 rings (SSSR count). The lowest BCUT2D eigenvalue weighted by Gasteiger charge is -2.12. The van der Waals surface area contributed by atoms with Crippen molar-refractivity contribution in [3.63, 3.8) is 0 Å². The van der Waals surface area contributed by atoms with Gasteiger partial charge in [0.15, 0.2) is 0 Å². The van der Waals surface area contributed by atoms with Crippen molar-refractivity contribution >= 4 is 38.2 Å². The van der Waals surface area contributed by atoms with Crippen molar-refractivity contribution in [3.05, 3.63) is 15.9 Å². The second kappa shape index (κ2) is 4.40. The second-order valence-corrected chi connectivity index (χ2v) is 4.20. The molecule has 3 nitrogen and oxygen atoms in total. The van der Waals surface area contributed by atoms with E-state index in [-0.39, 0.29) is 12.3 Å². The predicted molar refractivity (Wildman–Crippen MR) is 55.7 cm³/mol. The quantitative estimate of drug-likeness (QED) is 0.818. The normalized spacial score (nSPS) is 9.31. The average molecular weight is 259 g/mol. The van der Waals surface area contributed by atoms with Crippen molar-refractivity contribution < 1.29 is 4.79 Å². The standard InChI is InChI=1S/C8H7BrN2OS/c1-11(7(12)2-3-10)8-4-6(9)5-13-8/h4-5H,2H2,1H3. The minimum absolute atomic E-state index is 0.0774. The highest BCUT2D eigenvalue weighted by molar-refractivity contribution is 9.10. The van der Waals surface area contributed by atoms with E-state index < -0.39 is 0 Å². The fourth-order valence-electron chi connectivity index (χ4n) is 0.788. The summed E-state index contributed by atoms with van der Waals surface area (Å²) in [5.41, 5.74) is 0. The number of carbonyl (C=O) groups is 1. The van der Waals surface area contributed by atoms with Crippen LogP contribution in [0.15, 0.2) is 15.9 Å². The maximum atomic E-state index is 11.2. The molecule has 0 unspecified atom stereocenters. The zero-order valence-electron chi connectivity index (χ0n) is 6.95. The number of rotatable bonds is 2. The van der Waals surface area contributed by atoms with Crippen LogP contribution < -0.4 is 4.90 Å². The molecule has 1 amide bonds. The number of hydrogen-bond acceptors (Lipinski definition) is 3. The molecule has 0 atom stereocenters. The number of anilines is 1. The third-order valence-electron chi connectivity index (χ3n) is 1.49. The number of halogens is 1. The highest BCUT2D eigenvalue weighted by Gasteiger charge is 2.11. The summed E-state index contributed by atoms with van der Waals surface area (Å²) in [5.74, 6) is -0.183. The first-order chi connectivity index (χ1) is 6.15.